The number of anilines is 2. The van der Waals surface area contributed by atoms with Crippen molar-refractivity contribution in [2.45, 2.75) is 4.90 Å². The Morgan fingerprint density at radius 3 is 2.27 bits per heavy atom. The Labute approximate surface area is 156 Å². The van der Waals surface area contributed by atoms with E-state index < -0.39 is 10.0 Å². The predicted octanol–water partition coefficient (Wildman–Crippen LogP) is 3.95. The number of rotatable bonds is 5. The highest BCUT2D eigenvalue weighted by Crippen LogP contribution is 2.27. The zero-order valence-corrected chi connectivity index (χ0v) is 15.1. The van der Waals surface area contributed by atoms with E-state index in [0.29, 0.717) is 10.6 Å². The second-order valence-electron chi connectivity index (χ2n) is 5.53. The van der Waals surface area contributed by atoms with Crippen molar-refractivity contribution in [3.63, 3.8) is 0 Å². The highest BCUT2D eigenvalue weighted by molar-refractivity contribution is 7.92. The molecule has 0 aliphatic rings. The molecule has 0 saturated heterocycles. The Balaban J connectivity index is 2.04. The molecule has 0 bridgehead atoms. The van der Waals surface area contributed by atoms with E-state index in [4.69, 9.17) is 17.3 Å². The van der Waals surface area contributed by atoms with Gasteiger partial charge in [0, 0.05) is 16.1 Å². The molecule has 26 heavy (non-hydrogen) atoms. The maximum Gasteiger partial charge on any atom is 0.263 e. The van der Waals surface area contributed by atoms with Crippen molar-refractivity contribution in [2.24, 2.45) is 0 Å². The van der Waals surface area contributed by atoms with Crippen molar-refractivity contribution in [3.05, 3.63) is 88.9 Å². The average molecular weight is 387 g/mol. The van der Waals surface area contributed by atoms with Gasteiger partial charge in [-0.05, 0) is 30.3 Å². The second kappa shape index (κ2) is 7.19. The molecule has 3 aromatic rings. The molecule has 7 heteroatoms. The van der Waals surface area contributed by atoms with Crippen molar-refractivity contribution in [1.29, 1.82) is 0 Å². The molecule has 0 aromatic heterocycles. The first-order chi connectivity index (χ1) is 12.4. The van der Waals surface area contributed by atoms with Crippen molar-refractivity contribution < 1.29 is 13.2 Å². The molecule has 0 radical (unpaired) electrons. The summed E-state index contributed by atoms with van der Waals surface area (Å²) in [6.07, 6.45) is 0. The van der Waals surface area contributed by atoms with E-state index in [9.17, 15) is 13.2 Å². The van der Waals surface area contributed by atoms with Crippen molar-refractivity contribution in [3.8, 4) is 0 Å². The third kappa shape index (κ3) is 3.71. The van der Waals surface area contributed by atoms with Gasteiger partial charge in [0.25, 0.3) is 10.0 Å². The summed E-state index contributed by atoms with van der Waals surface area (Å²) >= 11 is 6.01. The molecule has 0 saturated carbocycles. The van der Waals surface area contributed by atoms with Crippen LogP contribution in [0.2, 0.25) is 5.02 Å². The van der Waals surface area contributed by atoms with E-state index in [0.717, 1.165) is 0 Å². The molecule has 0 fully saturated rings. The highest BCUT2D eigenvalue weighted by atomic mass is 35.5. The number of nitrogens with one attached hydrogen (secondary N) is 1. The van der Waals surface area contributed by atoms with E-state index >= 15 is 0 Å². The van der Waals surface area contributed by atoms with Gasteiger partial charge < -0.3 is 5.73 Å². The van der Waals surface area contributed by atoms with Gasteiger partial charge >= 0.3 is 0 Å². The maximum absolute atomic E-state index is 12.8. The van der Waals surface area contributed by atoms with Gasteiger partial charge in [-0.2, -0.15) is 0 Å². The van der Waals surface area contributed by atoms with Crippen LogP contribution in [0.25, 0.3) is 0 Å². The number of halogens is 1. The first-order valence-electron chi connectivity index (χ1n) is 7.65. The van der Waals surface area contributed by atoms with Crippen LogP contribution in [-0.2, 0) is 10.0 Å². The average Bonchev–Trinajstić information content (AvgIpc) is 2.63. The van der Waals surface area contributed by atoms with Crippen LogP contribution in [0, 0.1) is 0 Å². The summed E-state index contributed by atoms with van der Waals surface area (Å²) in [4.78, 5) is 12.7. The van der Waals surface area contributed by atoms with E-state index in [1.165, 1.54) is 30.3 Å². The van der Waals surface area contributed by atoms with E-state index in [-0.39, 0.29) is 27.6 Å². The Hall–Kier alpha value is -2.83. The van der Waals surface area contributed by atoms with Crippen molar-refractivity contribution in [2.75, 3.05) is 10.5 Å². The van der Waals surface area contributed by atoms with Gasteiger partial charge in [-0.1, -0.05) is 54.1 Å². The fourth-order valence-electron chi connectivity index (χ4n) is 2.46. The maximum atomic E-state index is 12.8. The molecule has 0 unspecified atom stereocenters. The molecule has 132 valence electrons. The number of hydrogen-bond donors (Lipinski definition) is 2. The standard InChI is InChI=1S/C19H15ClN2O3S/c20-14-10-11-17(15(12-14)19(23)13-6-2-1-3-7-13)22-26(24,25)18-9-5-4-8-16(18)21/h1-12,22H,21H2. The molecule has 3 rings (SSSR count). The quantitative estimate of drug-likeness (QED) is 0.513. The summed E-state index contributed by atoms with van der Waals surface area (Å²) in [5.74, 6) is -0.341. The minimum absolute atomic E-state index is 0.0620. The summed E-state index contributed by atoms with van der Waals surface area (Å²) in [6, 6.07) is 19.0. The lowest BCUT2D eigenvalue weighted by molar-refractivity contribution is 0.103. The molecule has 0 atom stereocenters. The molecule has 0 spiro atoms. The van der Waals surface area contributed by atoms with Crippen LogP contribution in [-0.4, -0.2) is 14.2 Å². The molecular weight excluding hydrogens is 372 g/mol. The lowest BCUT2D eigenvalue weighted by Crippen LogP contribution is -2.17. The molecule has 3 aromatic carbocycles. The lowest BCUT2D eigenvalue weighted by Gasteiger charge is -2.14. The SMILES string of the molecule is Nc1ccccc1S(=O)(=O)Nc1ccc(Cl)cc1C(=O)c1ccccc1. The summed E-state index contributed by atoms with van der Waals surface area (Å²) in [5, 5.41) is 0.325. The smallest absolute Gasteiger partial charge is 0.263 e. The topological polar surface area (TPSA) is 89.3 Å². The number of nitrogens with two attached hydrogens (primary N) is 1. The van der Waals surface area contributed by atoms with Crippen LogP contribution >= 0.6 is 11.6 Å². The molecule has 0 aliphatic heterocycles. The third-order valence-electron chi connectivity index (χ3n) is 3.72. The Bertz CT molecular complexity index is 1070. The summed E-state index contributed by atoms with van der Waals surface area (Å²) in [6.45, 7) is 0. The van der Waals surface area contributed by atoms with Gasteiger partial charge in [0.05, 0.1) is 11.4 Å². The Morgan fingerprint density at radius 2 is 1.58 bits per heavy atom. The third-order valence-corrected chi connectivity index (χ3v) is 5.39. The molecule has 5 nitrogen and oxygen atoms in total. The highest BCUT2D eigenvalue weighted by Gasteiger charge is 2.21. The number of para-hydroxylation sites is 1. The zero-order chi connectivity index (χ0) is 18.7. The van der Waals surface area contributed by atoms with Crippen LogP contribution in [0.15, 0.2) is 77.7 Å². The minimum Gasteiger partial charge on any atom is -0.398 e. The number of hydrogen-bond acceptors (Lipinski definition) is 4. The van der Waals surface area contributed by atoms with Gasteiger partial charge in [0.1, 0.15) is 4.90 Å². The number of carbonyl (C=O) groups is 1. The van der Waals surface area contributed by atoms with Gasteiger partial charge in [0.2, 0.25) is 0 Å². The van der Waals surface area contributed by atoms with Gasteiger partial charge in [-0.15, -0.1) is 0 Å². The number of nitrogen functional groups attached to an aromatic ring is 1. The number of sulfonamides is 1. The number of carbonyl (C=O) groups excluding carboxylic acids is 1. The zero-order valence-electron chi connectivity index (χ0n) is 13.5. The van der Waals surface area contributed by atoms with E-state index in [1.54, 1.807) is 42.5 Å². The molecule has 0 aliphatic carbocycles. The van der Waals surface area contributed by atoms with Crippen LogP contribution in [0.5, 0.6) is 0 Å². The predicted molar refractivity (Wildman–Crippen MR) is 103 cm³/mol. The van der Waals surface area contributed by atoms with Gasteiger partial charge in [-0.25, -0.2) is 8.42 Å². The van der Waals surface area contributed by atoms with Crippen LogP contribution in [0.3, 0.4) is 0 Å². The van der Waals surface area contributed by atoms with Crippen LogP contribution < -0.4 is 10.5 Å². The van der Waals surface area contributed by atoms with Gasteiger partial charge in [-0.3, -0.25) is 9.52 Å². The first-order valence-corrected chi connectivity index (χ1v) is 9.51. The summed E-state index contributed by atoms with van der Waals surface area (Å²) < 4.78 is 27.8. The lowest BCUT2D eigenvalue weighted by atomic mass is 10.0. The van der Waals surface area contributed by atoms with E-state index in [1.807, 2.05) is 0 Å². The van der Waals surface area contributed by atoms with Crippen molar-refractivity contribution >= 4 is 38.8 Å². The van der Waals surface area contributed by atoms with E-state index in [2.05, 4.69) is 4.72 Å². The fraction of sp³-hybridized carbons (Fsp3) is 0. The molecule has 3 N–H and O–H groups in total. The number of ketones is 1. The number of benzene rings is 3. The minimum atomic E-state index is -3.97. The summed E-state index contributed by atoms with van der Waals surface area (Å²) in [7, 11) is -3.97. The second-order valence-corrected chi connectivity index (χ2v) is 7.62. The van der Waals surface area contributed by atoms with Crippen molar-refractivity contribution in [1.82, 2.24) is 0 Å². The summed E-state index contributed by atoms with van der Waals surface area (Å²) in [5.41, 5.74) is 6.59. The molecule has 0 amide bonds. The monoisotopic (exact) mass is 386 g/mol. The molecule has 0 heterocycles. The fourth-order valence-corrected chi connectivity index (χ4v) is 3.85. The van der Waals surface area contributed by atoms with Crippen LogP contribution in [0.1, 0.15) is 15.9 Å². The van der Waals surface area contributed by atoms with Crippen LogP contribution in [0.4, 0.5) is 11.4 Å². The largest absolute Gasteiger partial charge is 0.398 e. The van der Waals surface area contributed by atoms with Gasteiger partial charge in [0.15, 0.2) is 5.78 Å². The normalized spacial score (nSPS) is 11.1. The molecular formula is C19H15ClN2O3S. The Kier molecular flexibility index (Phi) is 4.97. The first kappa shape index (κ1) is 18.0. The Morgan fingerprint density at radius 1 is 0.923 bits per heavy atom.